The molecule has 0 aromatic heterocycles. The van der Waals surface area contributed by atoms with Gasteiger partial charge in [-0.2, -0.15) is 0 Å². The summed E-state index contributed by atoms with van der Waals surface area (Å²) < 4.78 is 32.4. The van der Waals surface area contributed by atoms with Crippen molar-refractivity contribution < 1.29 is 18.3 Å². The van der Waals surface area contributed by atoms with Crippen LogP contribution in [0, 0.1) is 11.6 Å². The number of benzene rings is 1. The van der Waals surface area contributed by atoms with Crippen LogP contribution in [0.4, 0.5) is 8.78 Å². The number of amides is 1. The maximum Gasteiger partial charge on any atom is 0.272 e. The van der Waals surface area contributed by atoms with Gasteiger partial charge in [-0.1, -0.05) is 0 Å². The van der Waals surface area contributed by atoms with E-state index in [2.05, 4.69) is 10.2 Å². The van der Waals surface area contributed by atoms with Gasteiger partial charge in [0.15, 0.2) is 17.7 Å². The minimum Gasteiger partial charge on any atom is -0.473 e. The summed E-state index contributed by atoms with van der Waals surface area (Å²) in [6, 6.07) is 2.90. The Morgan fingerprint density at radius 1 is 1.33 bits per heavy atom. The van der Waals surface area contributed by atoms with E-state index in [1.54, 1.807) is 7.05 Å². The first-order valence-electron chi connectivity index (χ1n) is 5.90. The number of nitrogens with zero attached hydrogens (tertiary/aromatic N) is 3. The number of carbonyl (C=O) groups is 1. The van der Waals surface area contributed by atoms with Crippen LogP contribution in [0.3, 0.4) is 0 Å². The summed E-state index contributed by atoms with van der Waals surface area (Å²) in [7, 11) is 1.57. The lowest BCUT2D eigenvalue weighted by Crippen LogP contribution is -2.42. The van der Waals surface area contributed by atoms with Crippen molar-refractivity contribution in [3.8, 4) is 5.75 Å². The maximum absolute atomic E-state index is 13.6. The first-order chi connectivity index (χ1) is 9.97. The van der Waals surface area contributed by atoms with Crippen LogP contribution in [0.5, 0.6) is 5.75 Å². The molecule has 5 nitrogen and oxygen atoms in total. The Hall–Kier alpha value is -1.84. The van der Waals surface area contributed by atoms with E-state index in [9.17, 15) is 13.6 Å². The molecule has 2 heterocycles. The molecule has 1 aromatic rings. The van der Waals surface area contributed by atoms with Crippen LogP contribution in [-0.4, -0.2) is 24.0 Å². The van der Waals surface area contributed by atoms with Crippen LogP contribution in [0.1, 0.15) is 0 Å². The molecule has 1 amide bonds. The van der Waals surface area contributed by atoms with Crippen LogP contribution >= 0.6 is 22.6 Å². The zero-order valence-corrected chi connectivity index (χ0v) is 12.8. The van der Waals surface area contributed by atoms with Crippen molar-refractivity contribution in [3.63, 3.8) is 0 Å². The standard InChI is InChI=1S/C13H8F2IN3O2/c1-19-11-8(17-18-12(11)16)5-10(13(19)20)21-9-3-2-6(14)4-7(9)15/h2-5,10H,1H3. The van der Waals surface area contributed by atoms with Gasteiger partial charge in [-0.15, -0.1) is 10.2 Å². The van der Waals surface area contributed by atoms with Crippen LogP contribution in [-0.2, 0) is 4.79 Å². The fourth-order valence-corrected chi connectivity index (χ4v) is 2.77. The fourth-order valence-electron chi connectivity index (χ4n) is 2.03. The Morgan fingerprint density at radius 3 is 2.81 bits per heavy atom. The smallest absolute Gasteiger partial charge is 0.272 e. The minimum atomic E-state index is -1.03. The lowest BCUT2D eigenvalue weighted by molar-refractivity contribution is -0.134. The second-order valence-corrected chi connectivity index (χ2v) is 5.42. The Morgan fingerprint density at radius 2 is 2.10 bits per heavy atom. The summed E-state index contributed by atoms with van der Waals surface area (Å²) in [5.74, 6) is -2.15. The predicted molar refractivity (Wildman–Crippen MR) is 77.5 cm³/mol. The van der Waals surface area contributed by atoms with Crippen LogP contribution in [0.2, 0.25) is 0 Å². The lowest BCUT2D eigenvalue weighted by atomic mass is 10.1. The van der Waals surface area contributed by atoms with Crippen LogP contribution in [0.15, 0.2) is 49.6 Å². The van der Waals surface area contributed by atoms with Gasteiger partial charge in [0.1, 0.15) is 20.9 Å². The van der Waals surface area contributed by atoms with Crippen molar-refractivity contribution in [2.75, 3.05) is 7.05 Å². The normalized spacial score (nSPS) is 20.8. The molecule has 0 saturated heterocycles. The number of likely N-dealkylation sites (N-methyl/N-ethyl adjacent to an activating group) is 1. The molecule has 2 aliphatic heterocycles. The third-order valence-electron chi connectivity index (χ3n) is 3.05. The van der Waals surface area contributed by atoms with Crippen LogP contribution < -0.4 is 4.74 Å². The number of carbonyl (C=O) groups excluding carboxylic acids is 1. The number of hydrogen-bond acceptors (Lipinski definition) is 4. The van der Waals surface area contributed by atoms with Gasteiger partial charge in [0.2, 0.25) is 0 Å². The number of halogens is 3. The van der Waals surface area contributed by atoms with Gasteiger partial charge in [-0.3, -0.25) is 4.79 Å². The molecule has 21 heavy (non-hydrogen) atoms. The van der Waals surface area contributed by atoms with E-state index in [0.717, 1.165) is 12.1 Å². The van der Waals surface area contributed by atoms with Crippen molar-refractivity contribution in [1.82, 2.24) is 4.90 Å². The molecular weight excluding hydrogens is 395 g/mol. The van der Waals surface area contributed by atoms with Gasteiger partial charge in [0, 0.05) is 13.1 Å². The Kier molecular flexibility index (Phi) is 3.47. The van der Waals surface area contributed by atoms with E-state index in [1.165, 1.54) is 11.0 Å². The second kappa shape index (κ2) is 5.17. The van der Waals surface area contributed by atoms with Crippen molar-refractivity contribution in [3.05, 3.63) is 51.0 Å². The predicted octanol–water partition coefficient (Wildman–Crippen LogP) is 3.14. The van der Waals surface area contributed by atoms with E-state index in [-0.39, 0.29) is 11.7 Å². The van der Waals surface area contributed by atoms with Gasteiger partial charge in [-0.25, -0.2) is 8.78 Å². The Balaban J connectivity index is 1.93. The first-order valence-corrected chi connectivity index (χ1v) is 6.98. The molecule has 0 aliphatic carbocycles. The average Bonchev–Trinajstić information content (AvgIpc) is 2.80. The monoisotopic (exact) mass is 403 g/mol. The highest BCUT2D eigenvalue weighted by Gasteiger charge is 2.36. The van der Waals surface area contributed by atoms with E-state index in [4.69, 9.17) is 4.74 Å². The molecule has 0 saturated carbocycles. The number of fused-ring (bicyclic) bond motifs is 1. The van der Waals surface area contributed by atoms with Gasteiger partial charge in [0.25, 0.3) is 5.91 Å². The van der Waals surface area contributed by atoms with Gasteiger partial charge in [0.05, 0.1) is 0 Å². The third-order valence-corrected chi connectivity index (χ3v) is 3.78. The third kappa shape index (κ3) is 2.43. The van der Waals surface area contributed by atoms with E-state index in [0.29, 0.717) is 21.2 Å². The Labute approximate surface area is 132 Å². The highest BCUT2D eigenvalue weighted by Crippen LogP contribution is 2.35. The molecule has 0 fully saturated rings. The number of hydrogen-bond donors (Lipinski definition) is 0. The molecule has 108 valence electrons. The van der Waals surface area contributed by atoms with Crippen molar-refractivity contribution in [2.45, 2.75) is 6.10 Å². The SMILES string of the molecule is CN1C(=O)C(Oc2ccc(F)cc2F)C=C2N=NC(I)=C21. The average molecular weight is 403 g/mol. The summed E-state index contributed by atoms with van der Waals surface area (Å²) >= 11 is 1.97. The van der Waals surface area contributed by atoms with Gasteiger partial charge >= 0.3 is 0 Å². The van der Waals surface area contributed by atoms with E-state index in [1.807, 2.05) is 22.6 Å². The van der Waals surface area contributed by atoms with E-state index >= 15 is 0 Å². The van der Waals surface area contributed by atoms with Crippen molar-refractivity contribution in [1.29, 1.82) is 0 Å². The van der Waals surface area contributed by atoms with E-state index < -0.39 is 17.7 Å². The molecule has 8 heteroatoms. The molecule has 1 aromatic carbocycles. The summed E-state index contributed by atoms with van der Waals surface area (Å²) in [6.07, 6.45) is 0.435. The molecule has 1 unspecified atom stereocenters. The summed E-state index contributed by atoms with van der Waals surface area (Å²) in [6.45, 7) is 0. The van der Waals surface area contributed by atoms with Crippen molar-refractivity contribution in [2.24, 2.45) is 10.2 Å². The highest BCUT2D eigenvalue weighted by atomic mass is 127. The highest BCUT2D eigenvalue weighted by molar-refractivity contribution is 14.1. The zero-order valence-electron chi connectivity index (χ0n) is 10.7. The lowest BCUT2D eigenvalue weighted by Gasteiger charge is -2.28. The molecule has 1 atom stereocenters. The summed E-state index contributed by atoms with van der Waals surface area (Å²) in [4.78, 5) is 13.6. The fraction of sp³-hybridized carbons (Fsp3) is 0.154. The molecular formula is C13H8F2IN3O2. The Bertz CT molecular complexity index is 730. The number of ether oxygens (including phenoxy) is 1. The quantitative estimate of drug-likeness (QED) is 0.563. The maximum atomic E-state index is 13.6. The number of azo groups is 1. The molecule has 3 rings (SSSR count). The first kappa shape index (κ1) is 14.1. The largest absolute Gasteiger partial charge is 0.473 e. The second-order valence-electron chi connectivity index (χ2n) is 4.40. The summed E-state index contributed by atoms with van der Waals surface area (Å²) in [5.41, 5.74) is 1.09. The van der Waals surface area contributed by atoms with Crippen LogP contribution in [0.25, 0.3) is 0 Å². The molecule has 2 aliphatic rings. The van der Waals surface area contributed by atoms with Gasteiger partial charge in [-0.05, 0) is 40.8 Å². The molecule has 0 spiro atoms. The molecule has 0 N–H and O–H groups in total. The summed E-state index contributed by atoms with van der Waals surface area (Å²) in [5, 5.41) is 7.81. The van der Waals surface area contributed by atoms with Gasteiger partial charge < -0.3 is 9.64 Å². The number of rotatable bonds is 2. The molecule has 0 bridgehead atoms. The molecule has 0 radical (unpaired) electrons. The van der Waals surface area contributed by atoms with Crippen molar-refractivity contribution >= 4 is 28.5 Å². The topological polar surface area (TPSA) is 54.3 Å². The zero-order chi connectivity index (χ0) is 15.1. The minimum absolute atomic E-state index is 0.197.